The summed E-state index contributed by atoms with van der Waals surface area (Å²) in [7, 11) is 0. The standard InChI is InChI=1S/C36H52N2O2S/c1-5-6-7-8-9-10-11-12-13-14-15-18-24-40-34-27-32(36(2,3)4)22-21-30(34)26-35(39)37-33-20-17-16-19-31(33)28-38-23-25-41-29-38/h16-17,19-23,25,27,29H,5-15,18,24,26,28H2,1-4H3/p+1. The fourth-order valence-corrected chi connectivity index (χ4v) is 5.72. The number of hydrogen-bond acceptors (Lipinski definition) is 3. The third-order valence-electron chi connectivity index (χ3n) is 7.71. The van der Waals surface area contributed by atoms with Crippen molar-refractivity contribution < 1.29 is 14.1 Å². The fourth-order valence-electron chi connectivity index (χ4n) is 5.12. The summed E-state index contributed by atoms with van der Waals surface area (Å²) in [5.74, 6) is 0.823. The Morgan fingerprint density at radius 3 is 2.15 bits per heavy atom. The van der Waals surface area contributed by atoms with Gasteiger partial charge in [-0.05, 0) is 29.5 Å². The van der Waals surface area contributed by atoms with E-state index >= 15 is 0 Å². The van der Waals surface area contributed by atoms with Crippen LogP contribution in [0.25, 0.3) is 0 Å². The number of aromatic nitrogens is 1. The highest BCUT2D eigenvalue weighted by Gasteiger charge is 2.18. The van der Waals surface area contributed by atoms with Crippen molar-refractivity contribution in [3.8, 4) is 5.75 Å². The zero-order valence-electron chi connectivity index (χ0n) is 26.1. The first-order chi connectivity index (χ1) is 19.9. The molecule has 0 aliphatic rings. The molecule has 4 nitrogen and oxygen atoms in total. The van der Waals surface area contributed by atoms with E-state index in [4.69, 9.17) is 4.74 Å². The largest absolute Gasteiger partial charge is 0.493 e. The van der Waals surface area contributed by atoms with Crippen LogP contribution in [0.3, 0.4) is 0 Å². The summed E-state index contributed by atoms with van der Waals surface area (Å²) in [6.45, 7) is 10.3. The number of thiazole rings is 1. The molecule has 0 saturated carbocycles. The summed E-state index contributed by atoms with van der Waals surface area (Å²) < 4.78 is 8.46. The first kappa shape index (κ1) is 32.8. The minimum Gasteiger partial charge on any atom is -0.493 e. The molecule has 0 fully saturated rings. The predicted octanol–water partition coefficient (Wildman–Crippen LogP) is 9.64. The molecule has 224 valence electrons. The van der Waals surface area contributed by atoms with Gasteiger partial charge in [0.05, 0.1) is 24.1 Å². The van der Waals surface area contributed by atoms with Crippen molar-refractivity contribution in [2.45, 2.75) is 123 Å². The Hall–Kier alpha value is -2.66. The number of carbonyl (C=O) groups excluding carboxylic acids is 1. The lowest BCUT2D eigenvalue weighted by atomic mass is 9.86. The maximum atomic E-state index is 13.2. The van der Waals surface area contributed by atoms with Gasteiger partial charge in [0, 0.05) is 11.1 Å². The number of unbranched alkanes of at least 4 members (excludes halogenated alkanes) is 11. The van der Waals surface area contributed by atoms with Gasteiger partial charge in [0.2, 0.25) is 11.4 Å². The van der Waals surface area contributed by atoms with Gasteiger partial charge in [-0.3, -0.25) is 4.79 Å². The molecule has 2 aromatic carbocycles. The van der Waals surface area contributed by atoms with Gasteiger partial charge in [-0.25, -0.2) is 0 Å². The predicted molar refractivity (Wildman–Crippen MR) is 174 cm³/mol. The molecule has 1 aromatic heterocycles. The Bertz CT molecular complexity index is 1150. The van der Waals surface area contributed by atoms with Crippen LogP contribution < -0.4 is 14.6 Å². The number of carbonyl (C=O) groups is 1. The van der Waals surface area contributed by atoms with E-state index in [9.17, 15) is 4.79 Å². The SMILES string of the molecule is CCCCCCCCCCCCCCOc1cc(C(C)(C)C)ccc1CC(=O)Nc1ccccc1C[n+]1ccsc1. The summed E-state index contributed by atoms with van der Waals surface area (Å²) in [4.78, 5) is 13.2. The van der Waals surface area contributed by atoms with Gasteiger partial charge in [-0.15, -0.1) is 0 Å². The van der Waals surface area contributed by atoms with Crippen molar-refractivity contribution in [1.82, 2.24) is 0 Å². The second-order valence-electron chi connectivity index (χ2n) is 12.4. The van der Waals surface area contributed by atoms with Crippen LogP contribution in [-0.2, 0) is 23.2 Å². The monoisotopic (exact) mass is 577 g/mol. The average molecular weight is 578 g/mol. The molecular weight excluding hydrogens is 524 g/mol. The number of para-hydroxylation sites is 1. The number of amides is 1. The first-order valence-electron chi connectivity index (χ1n) is 15.9. The topological polar surface area (TPSA) is 42.2 Å². The van der Waals surface area contributed by atoms with Gasteiger partial charge in [-0.2, -0.15) is 4.57 Å². The third kappa shape index (κ3) is 12.4. The lowest BCUT2D eigenvalue weighted by Gasteiger charge is -2.21. The van der Waals surface area contributed by atoms with E-state index in [2.05, 4.69) is 78.9 Å². The van der Waals surface area contributed by atoms with Gasteiger partial charge < -0.3 is 10.1 Å². The molecule has 0 bridgehead atoms. The van der Waals surface area contributed by atoms with E-state index in [1.807, 2.05) is 18.2 Å². The number of benzene rings is 2. The second kappa shape index (κ2) is 18.0. The summed E-state index contributed by atoms with van der Waals surface area (Å²) in [5, 5.41) is 5.21. The van der Waals surface area contributed by atoms with E-state index in [-0.39, 0.29) is 17.7 Å². The van der Waals surface area contributed by atoms with Crippen molar-refractivity contribution >= 4 is 22.9 Å². The molecule has 0 saturated heterocycles. The van der Waals surface area contributed by atoms with Crippen LogP contribution >= 0.6 is 11.3 Å². The Morgan fingerprint density at radius 2 is 1.51 bits per heavy atom. The van der Waals surface area contributed by atoms with E-state index in [1.165, 1.54) is 76.2 Å². The van der Waals surface area contributed by atoms with Crippen molar-refractivity contribution in [2.75, 3.05) is 11.9 Å². The molecule has 1 heterocycles. The molecule has 41 heavy (non-hydrogen) atoms. The quantitative estimate of drug-likeness (QED) is 0.114. The average Bonchev–Trinajstić information content (AvgIpc) is 3.45. The Labute approximate surface area is 253 Å². The van der Waals surface area contributed by atoms with Crippen molar-refractivity contribution in [1.29, 1.82) is 0 Å². The molecule has 5 heteroatoms. The van der Waals surface area contributed by atoms with Crippen LogP contribution in [-0.4, -0.2) is 12.5 Å². The maximum absolute atomic E-state index is 13.2. The number of ether oxygens (including phenoxy) is 1. The van der Waals surface area contributed by atoms with Crippen LogP contribution in [0.1, 0.15) is 121 Å². The van der Waals surface area contributed by atoms with E-state index < -0.39 is 0 Å². The summed E-state index contributed by atoms with van der Waals surface area (Å²) >= 11 is 1.66. The molecule has 0 aliphatic carbocycles. The first-order valence-corrected chi connectivity index (χ1v) is 16.9. The molecule has 3 aromatic rings. The van der Waals surface area contributed by atoms with Gasteiger partial charge in [0.1, 0.15) is 5.75 Å². The molecular formula is C36H53N2O2S+. The molecule has 0 atom stereocenters. The number of nitrogens with zero attached hydrogens (tertiary/aromatic N) is 1. The Balaban J connectivity index is 1.48. The Morgan fingerprint density at radius 1 is 0.854 bits per heavy atom. The summed E-state index contributed by atoms with van der Waals surface area (Å²) in [6, 6.07) is 14.4. The fraction of sp³-hybridized carbons (Fsp3) is 0.556. The molecule has 0 radical (unpaired) electrons. The van der Waals surface area contributed by atoms with Crippen LogP contribution in [0.2, 0.25) is 0 Å². The van der Waals surface area contributed by atoms with Gasteiger partial charge in [0.25, 0.3) is 0 Å². The third-order valence-corrected chi connectivity index (χ3v) is 8.38. The van der Waals surface area contributed by atoms with Crippen LogP contribution in [0.4, 0.5) is 5.69 Å². The number of anilines is 1. The van der Waals surface area contributed by atoms with E-state index in [0.717, 1.165) is 35.5 Å². The highest BCUT2D eigenvalue weighted by atomic mass is 32.1. The molecule has 1 N–H and O–H groups in total. The molecule has 0 spiro atoms. The smallest absolute Gasteiger partial charge is 0.228 e. The number of rotatable bonds is 19. The number of nitrogens with one attached hydrogen (secondary N) is 1. The zero-order chi connectivity index (χ0) is 29.3. The van der Waals surface area contributed by atoms with Crippen molar-refractivity contribution in [2.24, 2.45) is 0 Å². The zero-order valence-corrected chi connectivity index (χ0v) is 26.9. The minimum absolute atomic E-state index is 0.0210. The lowest BCUT2D eigenvalue weighted by Crippen LogP contribution is -2.31. The molecule has 3 rings (SSSR count). The molecule has 0 aliphatic heterocycles. The van der Waals surface area contributed by atoms with Crippen molar-refractivity contribution in [3.63, 3.8) is 0 Å². The van der Waals surface area contributed by atoms with Crippen LogP contribution in [0.5, 0.6) is 5.75 Å². The highest BCUT2D eigenvalue weighted by Crippen LogP contribution is 2.30. The normalized spacial score (nSPS) is 11.5. The maximum Gasteiger partial charge on any atom is 0.228 e. The summed E-state index contributed by atoms with van der Waals surface area (Å²) in [5.41, 5.74) is 6.23. The lowest BCUT2D eigenvalue weighted by molar-refractivity contribution is -0.683. The van der Waals surface area contributed by atoms with Gasteiger partial charge >= 0.3 is 0 Å². The minimum atomic E-state index is -0.0218. The molecule has 0 unspecified atom stereocenters. The van der Waals surface area contributed by atoms with Gasteiger partial charge in [-0.1, -0.05) is 140 Å². The number of hydrogen-bond donors (Lipinski definition) is 1. The second-order valence-corrected chi connectivity index (χ2v) is 13.1. The van der Waals surface area contributed by atoms with E-state index in [1.54, 1.807) is 11.3 Å². The van der Waals surface area contributed by atoms with Crippen LogP contribution in [0, 0.1) is 0 Å². The Kier molecular flexibility index (Phi) is 14.4. The highest BCUT2D eigenvalue weighted by molar-refractivity contribution is 7.07. The van der Waals surface area contributed by atoms with Crippen molar-refractivity contribution in [3.05, 3.63) is 76.2 Å². The van der Waals surface area contributed by atoms with Gasteiger partial charge in [0.15, 0.2) is 12.7 Å². The summed E-state index contributed by atoms with van der Waals surface area (Å²) in [6.07, 6.45) is 18.3. The molecule has 1 amide bonds. The van der Waals surface area contributed by atoms with Crippen LogP contribution in [0.15, 0.2) is 59.6 Å². The van der Waals surface area contributed by atoms with E-state index in [0.29, 0.717) is 6.61 Å².